The van der Waals surface area contributed by atoms with Gasteiger partial charge in [-0.1, -0.05) is 87.8 Å². The second-order valence-electron chi connectivity index (χ2n) is 10.3. The van der Waals surface area contributed by atoms with Gasteiger partial charge in [-0.2, -0.15) is 0 Å². The van der Waals surface area contributed by atoms with Crippen molar-refractivity contribution in [3.8, 4) is 5.75 Å². The van der Waals surface area contributed by atoms with Crippen molar-refractivity contribution in [3.63, 3.8) is 0 Å². The van der Waals surface area contributed by atoms with Crippen LogP contribution in [-0.2, 0) is 4.79 Å². The summed E-state index contributed by atoms with van der Waals surface area (Å²) in [5, 5.41) is 6.23. The van der Waals surface area contributed by atoms with Crippen LogP contribution in [0.2, 0.25) is 5.02 Å². The molecule has 0 aliphatic rings. The molecule has 0 aliphatic carbocycles. The van der Waals surface area contributed by atoms with E-state index >= 15 is 0 Å². The number of halogens is 1. The first-order valence-corrected chi connectivity index (χ1v) is 13.9. The summed E-state index contributed by atoms with van der Waals surface area (Å²) < 4.78 is 5.65. The third kappa shape index (κ3) is 7.41. The minimum absolute atomic E-state index is 0.220. The van der Waals surface area contributed by atoms with E-state index in [4.69, 9.17) is 16.3 Å². The fourth-order valence-electron chi connectivity index (χ4n) is 4.48. The number of nitrogens with one attached hydrogen (secondary N) is 2. The predicted octanol–water partition coefficient (Wildman–Crippen LogP) is 8.09. The molecule has 0 spiro atoms. The molecule has 0 radical (unpaired) electrons. The average Bonchev–Trinajstić information content (AvgIpc) is 2.97. The molecule has 0 aromatic heterocycles. The molecule has 4 aromatic rings. The van der Waals surface area contributed by atoms with Gasteiger partial charge in [0.2, 0.25) is 0 Å². The van der Waals surface area contributed by atoms with Crippen LogP contribution in [0.25, 0.3) is 0 Å². The van der Waals surface area contributed by atoms with Gasteiger partial charge in [0, 0.05) is 27.4 Å². The summed E-state index contributed by atoms with van der Waals surface area (Å²) in [5.74, 6) is 0.0247. The van der Waals surface area contributed by atoms with Gasteiger partial charge in [-0.25, -0.2) is 0 Å². The zero-order valence-electron chi connectivity index (χ0n) is 23.5. The summed E-state index contributed by atoms with van der Waals surface area (Å²) in [7, 11) is 0. The highest BCUT2D eigenvalue weighted by molar-refractivity contribution is 6.31. The fraction of sp³-hybridized carbons (Fsp3) is 0.206. The Bertz CT molecular complexity index is 1520. The van der Waals surface area contributed by atoms with Crippen LogP contribution in [0.3, 0.4) is 0 Å². The highest BCUT2D eigenvalue weighted by Gasteiger charge is 2.18. The summed E-state index contributed by atoms with van der Waals surface area (Å²) in [6, 6.07) is 26.2. The van der Waals surface area contributed by atoms with Crippen molar-refractivity contribution in [3.05, 3.63) is 124 Å². The van der Waals surface area contributed by atoms with Crippen LogP contribution in [0.1, 0.15) is 76.9 Å². The summed E-state index contributed by atoms with van der Waals surface area (Å²) in [6.07, 6.45) is 0. The SMILES string of the molecule is CC(C)c1cccc(C(C)C)c1NC(=O)c1ccc(OCC(=O)Nc2ccc(Cl)cc2C(=O)c2ccccc2)cc1. The second kappa shape index (κ2) is 13.3. The Morgan fingerprint density at radius 2 is 1.37 bits per heavy atom. The molecule has 7 heteroatoms. The molecule has 6 nitrogen and oxygen atoms in total. The first kappa shape index (κ1) is 29.6. The van der Waals surface area contributed by atoms with E-state index in [-0.39, 0.29) is 35.7 Å². The van der Waals surface area contributed by atoms with Gasteiger partial charge in [0.1, 0.15) is 5.75 Å². The van der Waals surface area contributed by atoms with Crippen molar-refractivity contribution in [1.82, 2.24) is 0 Å². The van der Waals surface area contributed by atoms with Crippen LogP contribution in [0.15, 0.2) is 91.0 Å². The molecule has 2 N–H and O–H groups in total. The Kier molecular flexibility index (Phi) is 9.58. The minimum atomic E-state index is -0.442. The summed E-state index contributed by atoms with van der Waals surface area (Å²) in [5.41, 5.74) is 4.61. The van der Waals surface area contributed by atoms with Gasteiger partial charge < -0.3 is 15.4 Å². The molecule has 0 unspecified atom stereocenters. The van der Waals surface area contributed by atoms with Gasteiger partial charge in [-0.05, 0) is 65.4 Å². The van der Waals surface area contributed by atoms with Crippen LogP contribution >= 0.6 is 11.6 Å². The molecule has 0 heterocycles. The molecule has 0 saturated carbocycles. The number of ketones is 1. The normalized spacial score (nSPS) is 10.9. The maximum atomic E-state index is 13.1. The molecule has 0 bridgehead atoms. The summed E-state index contributed by atoms with van der Waals surface area (Å²) >= 11 is 6.13. The molecule has 0 saturated heterocycles. The topological polar surface area (TPSA) is 84.5 Å². The molecule has 2 amide bonds. The lowest BCUT2D eigenvalue weighted by atomic mass is 9.92. The van der Waals surface area contributed by atoms with Gasteiger partial charge in [-0.15, -0.1) is 0 Å². The quantitative estimate of drug-likeness (QED) is 0.189. The van der Waals surface area contributed by atoms with Crippen LogP contribution in [0.5, 0.6) is 5.75 Å². The highest BCUT2D eigenvalue weighted by atomic mass is 35.5. The Hall–Kier alpha value is -4.42. The number of carbonyl (C=O) groups is 3. The van der Waals surface area contributed by atoms with E-state index in [2.05, 4.69) is 38.3 Å². The maximum Gasteiger partial charge on any atom is 0.262 e. The van der Waals surface area contributed by atoms with E-state index in [9.17, 15) is 14.4 Å². The Morgan fingerprint density at radius 3 is 1.98 bits per heavy atom. The summed E-state index contributed by atoms with van der Waals surface area (Å²) in [4.78, 5) is 38.8. The maximum absolute atomic E-state index is 13.1. The van der Waals surface area contributed by atoms with Crippen molar-refractivity contribution in [2.24, 2.45) is 0 Å². The Balaban J connectivity index is 1.40. The first-order chi connectivity index (χ1) is 19.6. The third-order valence-corrected chi connectivity index (χ3v) is 6.87. The molecule has 4 rings (SSSR count). The van der Waals surface area contributed by atoms with E-state index in [1.54, 1.807) is 60.7 Å². The fourth-order valence-corrected chi connectivity index (χ4v) is 4.65. The monoisotopic (exact) mass is 568 g/mol. The minimum Gasteiger partial charge on any atom is -0.484 e. The second-order valence-corrected chi connectivity index (χ2v) is 10.8. The lowest BCUT2D eigenvalue weighted by Crippen LogP contribution is -2.21. The highest BCUT2D eigenvalue weighted by Crippen LogP contribution is 2.33. The van der Waals surface area contributed by atoms with Gasteiger partial charge in [0.25, 0.3) is 11.8 Å². The number of amides is 2. The largest absolute Gasteiger partial charge is 0.484 e. The van der Waals surface area contributed by atoms with E-state index in [0.717, 1.165) is 16.8 Å². The third-order valence-electron chi connectivity index (χ3n) is 6.63. The summed E-state index contributed by atoms with van der Waals surface area (Å²) in [6.45, 7) is 8.13. The number of ether oxygens (including phenoxy) is 1. The Labute approximate surface area is 245 Å². The molecule has 0 atom stereocenters. The molecular formula is C34H33ClN2O4. The standard InChI is InChI=1S/C34H33ClN2O4/c1-21(2)27-11-8-12-28(22(3)4)32(27)37-34(40)24-13-16-26(17-14-24)41-20-31(38)36-30-18-15-25(35)19-29(30)33(39)23-9-6-5-7-10-23/h5-19,21-22H,20H2,1-4H3,(H,36,38)(H,37,40). The van der Waals surface area contributed by atoms with E-state index in [1.807, 2.05) is 24.3 Å². The first-order valence-electron chi connectivity index (χ1n) is 13.5. The number of carbonyl (C=O) groups excluding carboxylic acids is 3. The lowest BCUT2D eigenvalue weighted by molar-refractivity contribution is -0.118. The lowest BCUT2D eigenvalue weighted by Gasteiger charge is -2.20. The number of hydrogen-bond acceptors (Lipinski definition) is 4. The van der Waals surface area contributed by atoms with E-state index in [0.29, 0.717) is 27.6 Å². The average molecular weight is 569 g/mol. The number of hydrogen-bond donors (Lipinski definition) is 2. The number of rotatable bonds is 10. The number of para-hydroxylation sites is 1. The van der Waals surface area contributed by atoms with Crippen molar-refractivity contribution < 1.29 is 19.1 Å². The molecule has 210 valence electrons. The zero-order valence-corrected chi connectivity index (χ0v) is 24.3. The van der Waals surface area contributed by atoms with E-state index in [1.165, 1.54) is 6.07 Å². The van der Waals surface area contributed by atoms with Crippen molar-refractivity contribution in [2.45, 2.75) is 39.5 Å². The van der Waals surface area contributed by atoms with Gasteiger partial charge >= 0.3 is 0 Å². The van der Waals surface area contributed by atoms with Crippen molar-refractivity contribution in [1.29, 1.82) is 0 Å². The van der Waals surface area contributed by atoms with Gasteiger partial charge in [0.05, 0.1) is 5.69 Å². The predicted molar refractivity (Wildman–Crippen MR) is 164 cm³/mol. The zero-order chi connectivity index (χ0) is 29.5. The van der Waals surface area contributed by atoms with E-state index < -0.39 is 5.91 Å². The van der Waals surface area contributed by atoms with Crippen LogP contribution in [0, 0.1) is 0 Å². The van der Waals surface area contributed by atoms with Gasteiger partial charge in [-0.3, -0.25) is 14.4 Å². The van der Waals surface area contributed by atoms with Crippen molar-refractivity contribution in [2.75, 3.05) is 17.2 Å². The van der Waals surface area contributed by atoms with Crippen molar-refractivity contribution >= 4 is 40.6 Å². The van der Waals surface area contributed by atoms with Crippen LogP contribution < -0.4 is 15.4 Å². The number of anilines is 2. The van der Waals surface area contributed by atoms with Crippen LogP contribution in [0.4, 0.5) is 11.4 Å². The molecule has 4 aromatic carbocycles. The van der Waals surface area contributed by atoms with Gasteiger partial charge in [0.15, 0.2) is 12.4 Å². The molecular weight excluding hydrogens is 536 g/mol. The smallest absolute Gasteiger partial charge is 0.262 e. The Morgan fingerprint density at radius 1 is 0.732 bits per heavy atom. The van der Waals surface area contributed by atoms with Crippen LogP contribution in [-0.4, -0.2) is 24.2 Å². The number of benzene rings is 4. The molecule has 41 heavy (non-hydrogen) atoms. The molecule has 0 fully saturated rings. The molecule has 0 aliphatic heterocycles.